The highest BCUT2D eigenvalue weighted by atomic mass is 15.3. The van der Waals surface area contributed by atoms with Gasteiger partial charge in [-0.2, -0.15) is 5.10 Å². The number of aryl methyl sites for hydroxylation is 1. The second-order valence-corrected chi connectivity index (χ2v) is 5.41. The van der Waals surface area contributed by atoms with E-state index in [0.717, 1.165) is 43.1 Å². The molecule has 19 heavy (non-hydrogen) atoms. The summed E-state index contributed by atoms with van der Waals surface area (Å²) in [6, 6.07) is 0.586. The lowest BCUT2D eigenvalue weighted by atomic mass is 10.1. The Morgan fingerprint density at radius 2 is 2.00 bits per heavy atom. The molecule has 0 amide bonds. The zero-order valence-corrected chi connectivity index (χ0v) is 12.5. The summed E-state index contributed by atoms with van der Waals surface area (Å²) >= 11 is 0. The van der Waals surface area contributed by atoms with Gasteiger partial charge in [0.25, 0.3) is 0 Å². The Morgan fingerprint density at radius 1 is 1.26 bits per heavy atom. The summed E-state index contributed by atoms with van der Waals surface area (Å²) in [7, 11) is 2.20. The van der Waals surface area contributed by atoms with Gasteiger partial charge in [-0.25, -0.2) is 0 Å². The van der Waals surface area contributed by atoms with Gasteiger partial charge in [0.05, 0.1) is 5.69 Å². The van der Waals surface area contributed by atoms with Gasteiger partial charge in [0.1, 0.15) is 0 Å². The Kier molecular flexibility index (Phi) is 4.37. The Morgan fingerprint density at radius 3 is 2.63 bits per heavy atom. The van der Waals surface area contributed by atoms with E-state index in [0.29, 0.717) is 12.6 Å². The van der Waals surface area contributed by atoms with Crippen molar-refractivity contribution >= 4 is 5.82 Å². The summed E-state index contributed by atoms with van der Waals surface area (Å²) < 4.78 is 0. The van der Waals surface area contributed by atoms with E-state index < -0.39 is 0 Å². The molecule has 2 heterocycles. The lowest BCUT2D eigenvalue weighted by Gasteiger charge is -2.40. The molecule has 1 aliphatic rings. The van der Waals surface area contributed by atoms with E-state index in [1.807, 2.05) is 6.92 Å². The maximum atomic E-state index is 5.92. The van der Waals surface area contributed by atoms with Crippen LogP contribution in [-0.4, -0.2) is 47.8 Å². The predicted octanol–water partition coefficient (Wildman–Crippen LogP) is 1.08. The fourth-order valence-corrected chi connectivity index (χ4v) is 2.72. The minimum Gasteiger partial charge on any atom is -0.352 e. The zero-order valence-electron chi connectivity index (χ0n) is 12.5. The highest BCUT2D eigenvalue weighted by Gasteiger charge is 2.26. The van der Waals surface area contributed by atoms with E-state index in [1.165, 1.54) is 5.56 Å². The van der Waals surface area contributed by atoms with Crippen LogP contribution in [-0.2, 0) is 6.54 Å². The van der Waals surface area contributed by atoms with Crippen LogP contribution >= 0.6 is 0 Å². The number of nitrogens with two attached hydrogens (primary N) is 1. The number of nitrogens with zero attached hydrogens (tertiary/aromatic N) is 4. The van der Waals surface area contributed by atoms with Gasteiger partial charge in [-0.05, 0) is 32.9 Å². The van der Waals surface area contributed by atoms with Crippen molar-refractivity contribution in [2.75, 3.05) is 31.6 Å². The van der Waals surface area contributed by atoms with E-state index in [4.69, 9.17) is 5.73 Å². The Balaban J connectivity index is 2.29. The monoisotopic (exact) mass is 263 g/mol. The summed E-state index contributed by atoms with van der Waals surface area (Å²) in [4.78, 5) is 4.77. The lowest BCUT2D eigenvalue weighted by molar-refractivity contribution is 0.212. The van der Waals surface area contributed by atoms with Gasteiger partial charge in [-0.1, -0.05) is 6.92 Å². The van der Waals surface area contributed by atoms with Crippen LogP contribution in [0.2, 0.25) is 0 Å². The Labute approximate surface area is 115 Å². The smallest absolute Gasteiger partial charge is 0.156 e. The SMILES string of the molecule is CCC1CN(c2nnc(C)c(C)c2CN)CCN1C. The van der Waals surface area contributed by atoms with Crippen LogP contribution in [0.4, 0.5) is 5.82 Å². The first-order valence-electron chi connectivity index (χ1n) is 7.06. The fourth-order valence-electron chi connectivity index (χ4n) is 2.72. The summed E-state index contributed by atoms with van der Waals surface area (Å²) in [5, 5.41) is 8.68. The number of aromatic nitrogens is 2. The first-order valence-corrected chi connectivity index (χ1v) is 7.06. The van der Waals surface area contributed by atoms with Gasteiger partial charge >= 0.3 is 0 Å². The topological polar surface area (TPSA) is 58.3 Å². The van der Waals surface area contributed by atoms with Crippen LogP contribution in [0.5, 0.6) is 0 Å². The number of anilines is 1. The van der Waals surface area contributed by atoms with Crippen LogP contribution in [0.1, 0.15) is 30.2 Å². The van der Waals surface area contributed by atoms with Crippen LogP contribution < -0.4 is 10.6 Å². The van der Waals surface area contributed by atoms with Crippen LogP contribution in [0.15, 0.2) is 0 Å². The first-order chi connectivity index (χ1) is 9.08. The summed E-state index contributed by atoms with van der Waals surface area (Å²) in [5.74, 6) is 0.983. The van der Waals surface area contributed by atoms with Gasteiger partial charge < -0.3 is 10.6 Å². The third kappa shape index (κ3) is 2.72. The zero-order chi connectivity index (χ0) is 14.0. The van der Waals surface area contributed by atoms with Crippen LogP contribution in [0, 0.1) is 13.8 Å². The number of piperazine rings is 1. The average Bonchev–Trinajstić information content (AvgIpc) is 2.42. The third-order valence-electron chi connectivity index (χ3n) is 4.31. The van der Waals surface area contributed by atoms with E-state index in [-0.39, 0.29) is 0 Å². The molecule has 1 atom stereocenters. The molecular formula is C14H25N5. The molecule has 2 rings (SSSR count). The standard InChI is InChI=1S/C14H25N5/c1-5-12-9-19(7-6-18(12)4)14-13(8-15)10(2)11(3)16-17-14/h12H,5-9,15H2,1-4H3. The molecule has 106 valence electrons. The average molecular weight is 263 g/mol. The highest BCUT2D eigenvalue weighted by molar-refractivity contribution is 5.51. The van der Waals surface area contributed by atoms with Gasteiger partial charge in [0.2, 0.25) is 0 Å². The van der Waals surface area contributed by atoms with Gasteiger partial charge in [0, 0.05) is 37.8 Å². The molecule has 1 unspecified atom stereocenters. The molecule has 2 N–H and O–H groups in total. The summed E-state index contributed by atoms with van der Waals surface area (Å²) in [6.45, 7) is 9.92. The number of likely N-dealkylation sites (N-methyl/N-ethyl adjacent to an activating group) is 1. The molecule has 0 saturated carbocycles. The molecule has 1 aromatic rings. The molecule has 0 aromatic carbocycles. The molecule has 1 aromatic heterocycles. The van der Waals surface area contributed by atoms with Crippen molar-refractivity contribution in [3.05, 3.63) is 16.8 Å². The normalized spacial score (nSPS) is 20.9. The van der Waals surface area contributed by atoms with Crippen molar-refractivity contribution in [2.24, 2.45) is 5.73 Å². The van der Waals surface area contributed by atoms with Crippen molar-refractivity contribution < 1.29 is 0 Å². The lowest BCUT2D eigenvalue weighted by Crippen LogP contribution is -2.51. The molecule has 1 aliphatic heterocycles. The fraction of sp³-hybridized carbons (Fsp3) is 0.714. The molecule has 0 spiro atoms. The van der Waals surface area contributed by atoms with Crippen molar-refractivity contribution in [1.29, 1.82) is 0 Å². The molecule has 5 heteroatoms. The summed E-state index contributed by atoms with van der Waals surface area (Å²) in [6.07, 6.45) is 1.16. The van der Waals surface area contributed by atoms with E-state index in [2.05, 4.69) is 40.9 Å². The highest BCUT2D eigenvalue weighted by Crippen LogP contribution is 2.24. The largest absolute Gasteiger partial charge is 0.352 e. The van der Waals surface area contributed by atoms with Crippen molar-refractivity contribution in [3.8, 4) is 0 Å². The molecule has 1 fully saturated rings. The minimum atomic E-state index is 0.528. The molecule has 1 saturated heterocycles. The minimum absolute atomic E-state index is 0.528. The Bertz CT molecular complexity index is 446. The second kappa shape index (κ2) is 5.84. The molecule has 0 radical (unpaired) electrons. The number of rotatable bonds is 3. The van der Waals surface area contributed by atoms with Crippen LogP contribution in [0.3, 0.4) is 0 Å². The Hall–Kier alpha value is -1.20. The van der Waals surface area contributed by atoms with Crippen molar-refractivity contribution in [1.82, 2.24) is 15.1 Å². The number of hydrogen-bond acceptors (Lipinski definition) is 5. The quantitative estimate of drug-likeness (QED) is 0.884. The van der Waals surface area contributed by atoms with Crippen LogP contribution in [0.25, 0.3) is 0 Å². The molecular weight excluding hydrogens is 238 g/mol. The van der Waals surface area contributed by atoms with E-state index in [9.17, 15) is 0 Å². The molecule has 0 bridgehead atoms. The van der Waals surface area contributed by atoms with E-state index >= 15 is 0 Å². The second-order valence-electron chi connectivity index (χ2n) is 5.41. The molecule has 0 aliphatic carbocycles. The first kappa shape index (κ1) is 14.2. The van der Waals surface area contributed by atoms with Crippen molar-refractivity contribution in [2.45, 2.75) is 39.8 Å². The maximum Gasteiger partial charge on any atom is 0.156 e. The summed E-state index contributed by atoms with van der Waals surface area (Å²) in [5.41, 5.74) is 9.22. The predicted molar refractivity (Wildman–Crippen MR) is 78.3 cm³/mol. The van der Waals surface area contributed by atoms with Gasteiger partial charge in [0.15, 0.2) is 5.82 Å². The van der Waals surface area contributed by atoms with Gasteiger partial charge in [-0.15, -0.1) is 5.10 Å². The van der Waals surface area contributed by atoms with Gasteiger partial charge in [-0.3, -0.25) is 4.90 Å². The van der Waals surface area contributed by atoms with Crippen molar-refractivity contribution in [3.63, 3.8) is 0 Å². The maximum absolute atomic E-state index is 5.92. The molecule has 5 nitrogen and oxygen atoms in total. The number of hydrogen-bond donors (Lipinski definition) is 1. The third-order valence-corrected chi connectivity index (χ3v) is 4.31. The van der Waals surface area contributed by atoms with E-state index in [1.54, 1.807) is 0 Å².